The van der Waals surface area contributed by atoms with E-state index < -0.39 is 5.54 Å². The normalized spacial score (nSPS) is 26.7. The van der Waals surface area contributed by atoms with Crippen LogP contribution in [-0.4, -0.2) is 39.0 Å². The van der Waals surface area contributed by atoms with E-state index in [1.54, 1.807) is 18.1 Å². The number of rotatable bonds is 6. The molecule has 1 aliphatic rings. The molecule has 0 radical (unpaired) electrons. The zero-order valence-corrected chi connectivity index (χ0v) is 12.2. The van der Waals surface area contributed by atoms with E-state index >= 15 is 0 Å². The van der Waals surface area contributed by atoms with Crippen molar-refractivity contribution in [2.75, 3.05) is 12.8 Å². The van der Waals surface area contributed by atoms with Gasteiger partial charge in [0.15, 0.2) is 5.16 Å². The van der Waals surface area contributed by atoms with Crippen LogP contribution in [0.3, 0.4) is 0 Å². The van der Waals surface area contributed by atoms with E-state index in [0.717, 1.165) is 36.6 Å². The highest BCUT2D eigenvalue weighted by molar-refractivity contribution is 7.99. The molecule has 1 heterocycles. The molecule has 2 unspecified atom stereocenters. The van der Waals surface area contributed by atoms with Crippen molar-refractivity contribution in [3.8, 4) is 0 Å². The first kappa shape index (κ1) is 14.3. The van der Waals surface area contributed by atoms with Gasteiger partial charge in [-0.05, 0) is 32.2 Å². The second-order valence-corrected chi connectivity index (χ2v) is 6.10. The van der Waals surface area contributed by atoms with E-state index in [2.05, 4.69) is 15.5 Å². The van der Waals surface area contributed by atoms with Gasteiger partial charge in [-0.25, -0.2) is 0 Å². The first-order chi connectivity index (χ1) is 9.10. The van der Waals surface area contributed by atoms with E-state index in [4.69, 9.17) is 5.73 Å². The molecule has 1 fully saturated rings. The number of primary amides is 1. The Labute approximate surface area is 117 Å². The van der Waals surface area contributed by atoms with E-state index in [9.17, 15) is 4.79 Å². The summed E-state index contributed by atoms with van der Waals surface area (Å²) >= 11 is 1.67. The molecule has 19 heavy (non-hydrogen) atoms. The molecule has 1 amide bonds. The van der Waals surface area contributed by atoms with E-state index in [1.807, 2.05) is 18.7 Å². The average Bonchev–Trinajstić information content (AvgIpc) is 2.97. The minimum absolute atomic E-state index is 0.221. The average molecular weight is 283 g/mol. The van der Waals surface area contributed by atoms with Crippen molar-refractivity contribution < 1.29 is 4.79 Å². The van der Waals surface area contributed by atoms with Crippen molar-refractivity contribution in [2.45, 2.75) is 36.4 Å². The maximum atomic E-state index is 11.7. The summed E-state index contributed by atoms with van der Waals surface area (Å²) < 4.78 is 1.90. The molecule has 0 bridgehead atoms. The van der Waals surface area contributed by atoms with Crippen molar-refractivity contribution in [3.05, 3.63) is 6.33 Å². The Balaban J connectivity index is 1.92. The fourth-order valence-corrected chi connectivity index (χ4v) is 3.88. The molecule has 2 atom stereocenters. The lowest BCUT2D eigenvalue weighted by Crippen LogP contribution is -2.56. The second kappa shape index (κ2) is 5.92. The molecule has 2 rings (SSSR count). The van der Waals surface area contributed by atoms with Crippen molar-refractivity contribution in [3.63, 3.8) is 0 Å². The van der Waals surface area contributed by atoms with E-state index in [1.165, 1.54) is 0 Å². The van der Waals surface area contributed by atoms with Gasteiger partial charge in [-0.3, -0.25) is 4.79 Å². The molecule has 1 saturated carbocycles. The van der Waals surface area contributed by atoms with Crippen LogP contribution in [-0.2, 0) is 11.8 Å². The molecule has 3 N–H and O–H groups in total. The topological polar surface area (TPSA) is 85.8 Å². The van der Waals surface area contributed by atoms with Crippen molar-refractivity contribution in [2.24, 2.45) is 18.7 Å². The number of carbonyl (C=O) groups is 1. The lowest BCUT2D eigenvalue weighted by molar-refractivity contribution is -0.125. The van der Waals surface area contributed by atoms with Crippen LogP contribution in [0.2, 0.25) is 0 Å². The van der Waals surface area contributed by atoms with Gasteiger partial charge in [0.1, 0.15) is 11.9 Å². The Morgan fingerprint density at radius 1 is 1.74 bits per heavy atom. The number of nitrogens with zero attached hydrogens (tertiary/aromatic N) is 3. The number of carbonyl (C=O) groups excluding carboxylic acids is 1. The molecular formula is C12H21N5OS. The van der Waals surface area contributed by atoms with Crippen molar-refractivity contribution in [1.82, 2.24) is 20.1 Å². The minimum Gasteiger partial charge on any atom is -0.368 e. The zero-order valence-electron chi connectivity index (χ0n) is 11.4. The number of nitrogens with one attached hydrogen (secondary N) is 1. The fourth-order valence-electron chi connectivity index (χ4n) is 2.94. The predicted molar refractivity (Wildman–Crippen MR) is 74.7 cm³/mol. The minimum atomic E-state index is -0.513. The Morgan fingerprint density at radius 3 is 3.11 bits per heavy atom. The van der Waals surface area contributed by atoms with E-state index in [-0.39, 0.29) is 5.91 Å². The number of aryl methyl sites for hydroxylation is 1. The third-order valence-electron chi connectivity index (χ3n) is 4.07. The van der Waals surface area contributed by atoms with Crippen LogP contribution in [0, 0.1) is 5.92 Å². The monoisotopic (exact) mass is 283 g/mol. The van der Waals surface area contributed by atoms with Crippen LogP contribution in [0.4, 0.5) is 0 Å². The molecular weight excluding hydrogens is 262 g/mol. The SMILES string of the molecule is CNC1(C(N)=O)CCCC1CCSc1nncn1C. The molecule has 6 nitrogen and oxygen atoms in total. The first-order valence-corrected chi connectivity index (χ1v) is 7.54. The van der Waals surface area contributed by atoms with E-state index in [0.29, 0.717) is 5.92 Å². The van der Waals surface area contributed by atoms with Gasteiger partial charge in [-0.15, -0.1) is 10.2 Å². The van der Waals surface area contributed by atoms with Crippen molar-refractivity contribution in [1.29, 1.82) is 0 Å². The smallest absolute Gasteiger partial charge is 0.238 e. The third kappa shape index (κ3) is 2.76. The highest BCUT2D eigenvalue weighted by atomic mass is 32.2. The molecule has 0 saturated heterocycles. The largest absolute Gasteiger partial charge is 0.368 e. The molecule has 7 heteroatoms. The summed E-state index contributed by atoms with van der Waals surface area (Å²) in [4.78, 5) is 11.7. The highest BCUT2D eigenvalue weighted by Crippen LogP contribution is 2.38. The lowest BCUT2D eigenvalue weighted by Gasteiger charge is -2.32. The summed E-state index contributed by atoms with van der Waals surface area (Å²) in [5.74, 6) is 1.02. The van der Waals surface area contributed by atoms with Gasteiger partial charge in [0.05, 0.1) is 0 Å². The Hall–Kier alpha value is -1.08. The van der Waals surface area contributed by atoms with Gasteiger partial charge in [0.25, 0.3) is 0 Å². The number of hydrogen-bond acceptors (Lipinski definition) is 5. The standard InChI is InChI=1S/C12H21N5OS/c1-14-12(10(13)18)6-3-4-9(12)5-7-19-11-16-15-8-17(11)2/h8-9,14H,3-7H2,1-2H3,(H2,13,18). The Morgan fingerprint density at radius 2 is 2.53 bits per heavy atom. The second-order valence-electron chi connectivity index (χ2n) is 5.04. The van der Waals surface area contributed by atoms with Gasteiger partial charge in [-0.1, -0.05) is 18.2 Å². The number of amides is 1. The lowest BCUT2D eigenvalue weighted by atomic mass is 9.84. The Kier molecular flexibility index (Phi) is 4.46. The fraction of sp³-hybridized carbons (Fsp3) is 0.750. The molecule has 1 aromatic heterocycles. The summed E-state index contributed by atoms with van der Waals surface area (Å²) in [5, 5.41) is 12.0. The number of hydrogen-bond donors (Lipinski definition) is 2. The molecule has 1 aromatic rings. The molecule has 106 valence electrons. The van der Waals surface area contributed by atoms with Gasteiger partial charge >= 0.3 is 0 Å². The van der Waals surface area contributed by atoms with Crippen LogP contribution in [0.25, 0.3) is 0 Å². The zero-order chi connectivity index (χ0) is 13.9. The summed E-state index contributed by atoms with van der Waals surface area (Å²) in [5.41, 5.74) is 5.08. The van der Waals surface area contributed by atoms with Gasteiger partial charge in [-0.2, -0.15) is 0 Å². The van der Waals surface area contributed by atoms with Crippen LogP contribution < -0.4 is 11.1 Å². The van der Waals surface area contributed by atoms with Crippen LogP contribution >= 0.6 is 11.8 Å². The summed E-state index contributed by atoms with van der Waals surface area (Å²) in [6.07, 6.45) is 5.62. The number of aromatic nitrogens is 3. The number of likely N-dealkylation sites (N-methyl/N-ethyl adjacent to an activating group) is 1. The maximum Gasteiger partial charge on any atom is 0.238 e. The number of nitrogens with two attached hydrogens (primary N) is 1. The molecule has 0 spiro atoms. The molecule has 0 aromatic carbocycles. The maximum absolute atomic E-state index is 11.7. The Bertz CT molecular complexity index is 449. The number of thioether (sulfide) groups is 1. The highest BCUT2D eigenvalue weighted by Gasteiger charge is 2.45. The van der Waals surface area contributed by atoms with Crippen LogP contribution in [0.15, 0.2) is 11.5 Å². The summed E-state index contributed by atoms with van der Waals surface area (Å²) in [6.45, 7) is 0. The van der Waals surface area contributed by atoms with Crippen LogP contribution in [0.1, 0.15) is 25.7 Å². The summed E-state index contributed by atoms with van der Waals surface area (Å²) in [7, 11) is 3.76. The van der Waals surface area contributed by atoms with Crippen molar-refractivity contribution >= 4 is 17.7 Å². The summed E-state index contributed by atoms with van der Waals surface area (Å²) in [6, 6.07) is 0. The predicted octanol–water partition coefficient (Wildman–Crippen LogP) is 0.541. The quantitative estimate of drug-likeness (QED) is 0.744. The molecule has 0 aliphatic heterocycles. The van der Waals surface area contributed by atoms with Crippen LogP contribution in [0.5, 0.6) is 0 Å². The van der Waals surface area contributed by atoms with Gasteiger partial charge in [0.2, 0.25) is 5.91 Å². The van der Waals surface area contributed by atoms with Gasteiger partial charge in [0, 0.05) is 12.8 Å². The molecule has 1 aliphatic carbocycles. The third-order valence-corrected chi connectivity index (χ3v) is 5.14. The van der Waals surface area contributed by atoms with Gasteiger partial charge < -0.3 is 15.6 Å². The first-order valence-electron chi connectivity index (χ1n) is 6.56.